The molecule has 0 unspecified atom stereocenters. The van der Waals surface area contributed by atoms with E-state index in [1.165, 1.54) is 11.1 Å². The van der Waals surface area contributed by atoms with Crippen molar-refractivity contribution in [2.45, 2.75) is 45.2 Å². The number of nitrogens with one attached hydrogen (secondary N) is 2. The third kappa shape index (κ3) is 3.78. The molecular formula is C19H27N3O2. The van der Waals surface area contributed by atoms with Crippen LogP contribution in [-0.4, -0.2) is 42.4 Å². The van der Waals surface area contributed by atoms with Crippen LogP contribution in [0, 0.1) is 5.92 Å². The van der Waals surface area contributed by atoms with Crippen LogP contribution in [0.1, 0.15) is 37.3 Å². The van der Waals surface area contributed by atoms with E-state index < -0.39 is 0 Å². The number of likely N-dealkylation sites (tertiary alicyclic amines) is 1. The van der Waals surface area contributed by atoms with Crippen LogP contribution in [0.4, 0.5) is 0 Å². The van der Waals surface area contributed by atoms with Gasteiger partial charge in [-0.1, -0.05) is 31.2 Å². The van der Waals surface area contributed by atoms with Gasteiger partial charge in [-0.3, -0.25) is 9.59 Å². The summed E-state index contributed by atoms with van der Waals surface area (Å²) in [6.45, 7) is 4.91. The third-order valence-electron chi connectivity index (χ3n) is 5.11. The Bertz CT molecular complexity index is 594. The molecule has 2 amide bonds. The summed E-state index contributed by atoms with van der Waals surface area (Å²) in [5.41, 5.74) is 2.55. The summed E-state index contributed by atoms with van der Waals surface area (Å²) >= 11 is 0. The Morgan fingerprint density at radius 2 is 1.92 bits per heavy atom. The number of hydrogen-bond donors (Lipinski definition) is 2. The standard InChI is InChI=1S/C19H27N3O2/c1-2-9-20-18(23)14-7-10-22(11-8-14)19(24)17-12-15-5-3-4-6-16(15)13-21-17/h3-6,14,17,21H,2,7-13H2,1H3,(H,20,23)/t17-/m0/s1. The van der Waals surface area contributed by atoms with Gasteiger partial charge < -0.3 is 15.5 Å². The molecule has 24 heavy (non-hydrogen) atoms. The molecule has 5 heteroatoms. The molecular weight excluding hydrogens is 302 g/mol. The molecule has 1 fully saturated rings. The van der Waals surface area contributed by atoms with Crippen molar-refractivity contribution in [3.8, 4) is 0 Å². The second kappa shape index (κ2) is 7.79. The van der Waals surface area contributed by atoms with Crippen molar-refractivity contribution in [1.29, 1.82) is 0 Å². The lowest BCUT2D eigenvalue weighted by molar-refractivity contribution is -0.137. The van der Waals surface area contributed by atoms with Crippen molar-refractivity contribution < 1.29 is 9.59 Å². The molecule has 1 aromatic carbocycles. The van der Waals surface area contributed by atoms with Gasteiger partial charge in [0.15, 0.2) is 0 Å². The van der Waals surface area contributed by atoms with Crippen molar-refractivity contribution in [3.63, 3.8) is 0 Å². The van der Waals surface area contributed by atoms with Crippen molar-refractivity contribution >= 4 is 11.8 Å². The van der Waals surface area contributed by atoms with Crippen LogP contribution < -0.4 is 10.6 Å². The normalized spacial score (nSPS) is 21.2. The molecule has 2 aliphatic heterocycles. The van der Waals surface area contributed by atoms with Crippen LogP contribution in [0.5, 0.6) is 0 Å². The van der Waals surface area contributed by atoms with Gasteiger partial charge in [0.05, 0.1) is 6.04 Å². The van der Waals surface area contributed by atoms with Crippen LogP contribution in [0.15, 0.2) is 24.3 Å². The first-order chi connectivity index (χ1) is 11.7. The fourth-order valence-corrected chi connectivity index (χ4v) is 3.60. The first-order valence-corrected chi connectivity index (χ1v) is 9.05. The van der Waals surface area contributed by atoms with E-state index in [1.54, 1.807) is 0 Å². The fourth-order valence-electron chi connectivity index (χ4n) is 3.60. The van der Waals surface area contributed by atoms with Gasteiger partial charge in [0.25, 0.3) is 0 Å². The van der Waals surface area contributed by atoms with Crippen LogP contribution in [0.2, 0.25) is 0 Å². The van der Waals surface area contributed by atoms with Gasteiger partial charge in [-0.25, -0.2) is 0 Å². The van der Waals surface area contributed by atoms with Gasteiger partial charge in [-0.2, -0.15) is 0 Å². The number of benzene rings is 1. The Hall–Kier alpha value is -1.88. The monoisotopic (exact) mass is 329 g/mol. The molecule has 0 aliphatic carbocycles. The Morgan fingerprint density at radius 1 is 1.21 bits per heavy atom. The van der Waals surface area contributed by atoms with Gasteiger partial charge >= 0.3 is 0 Å². The second-order valence-corrected chi connectivity index (χ2v) is 6.80. The summed E-state index contributed by atoms with van der Waals surface area (Å²) < 4.78 is 0. The number of carbonyl (C=O) groups excluding carboxylic acids is 2. The molecule has 2 heterocycles. The van der Waals surface area contributed by atoms with Crippen LogP contribution in [-0.2, 0) is 22.6 Å². The largest absolute Gasteiger partial charge is 0.356 e. The zero-order chi connectivity index (χ0) is 16.9. The maximum absolute atomic E-state index is 12.8. The lowest BCUT2D eigenvalue weighted by atomic mass is 9.92. The minimum absolute atomic E-state index is 0.0561. The fraction of sp³-hybridized carbons (Fsp3) is 0.579. The molecule has 130 valence electrons. The van der Waals surface area contributed by atoms with E-state index >= 15 is 0 Å². The lowest BCUT2D eigenvalue weighted by Gasteiger charge is -2.35. The second-order valence-electron chi connectivity index (χ2n) is 6.80. The Kier molecular flexibility index (Phi) is 5.51. The molecule has 1 aromatic rings. The van der Waals surface area contributed by atoms with E-state index in [0.29, 0.717) is 13.1 Å². The maximum Gasteiger partial charge on any atom is 0.240 e. The smallest absolute Gasteiger partial charge is 0.240 e. The number of rotatable bonds is 4. The van der Waals surface area contributed by atoms with Gasteiger partial charge in [0.1, 0.15) is 0 Å². The molecule has 2 N–H and O–H groups in total. The van der Waals surface area contributed by atoms with Gasteiger partial charge in [-0.15, -0.1) is 0 Å². The van der Waals surface area contributed by atoms with E-state index in [0.717, 1.165) is 38.8 Å². The molecule has 0 radical (unpaired) electrons. The van der Waals surface area contributed by atoms with Gasteiger partial charge in [-0.05, 0) is 36.8 Å². The molecule has 2 aliphatic rings. The quantitative estimate of drug-likeness (QED) is 0.879. The topological polar surface area (TPSA) is 61.4 Å². The Labute approximate surface area is 143 Å². The maximum atomic E-state index is 12.8. The van der Waals surface area contributed by atoms with Crippen LogP contribution in [0.25, 0.3) is 0 Å². The minimum Gasteiger partial charge on any atom is -0.356 e. The average Bonchev–Trinajstić information content (AvgIpc) is 2.65. The number of nitrogens with zero attached hydrogens (tertiary/aromatic N) is 1. The molecule has 3 rings (SSSR count). The highest BCUT2D eigenvalue weighted by atomic mass is 16.2. The zero-order valence-corrected chi connectivity index (χ0v) is 14.4. The molecule has 1 saturated heterocycles. The van der Waals surface area contributed by atoms with E-state index in [4.69, 9.17) is 0 Å². The number of fused-ring (bicyclic) bond motifs is 1. The molecule has 0 bridgehead atoms. The third-order valence-corrected chi connectivity index (χ3v) is 5.11. The number of piperidine rings is 1. The molecule has 0 aromatic heterocycles. The summed E-state index contributed by atoms with van der Waals surface area (Å²) in [5.74, 6) is 0.381. The summed E-state index contributed by atoms with van der Waals surface area (Å²) in [6, 6.07) is 8.16. The van der Waals surface area contributed by atoms with E-state index in [1.807, 2.05) is 17.0 Å². The number of hydrogen-bond acceptors (Lipinski definition) is 3. The van der Waals surface area contributed by atoms with Gasteiger partial charge in [0, 0.05) is 32.1 Å². The number of carbonyl (C=O) groups is 2. The molecule has 0 spiro atoms. The summed E-state index contributed by atoms with van der Waals surface area (Å²) in [7, 11) is 0. The average molecular weight is 329 g/mol. The lowest BCUT2D eigenvalue weighted by Crippen LogP contribution is -2.52. The van der Waals surface area contributed by atoms with Crippen molar-refractivity contribution in [2.75, 3.05) is 19.6 Å². The SMILES string of the molecule is CCCNC(=O)C1CCN(C(=O)[C@@H]2Cc3ccccc3CN2)CC1. The van der Waals surface area contributed by atoms with Crippen LogP contribution >= 0.6 is 0 Å². The highest BCUT2D eigenvalue weighted by Gasteiger charge is 2.32. The zero-order valence-electron chi connectivity index (χ0n) is 14.4. The predicted octanol–water partition coefficient (Wildman–Crippen LogP) is 1.47. The minimum atomic E-state index is -0.134. The highest BCUT2D eigenvalue weighted by molar-refractivity contribution is 5.83. The summed E-state index contributed by atoms with van der Waals surface area (Å²) in [6.07, 6.45) is 3.25. The van der Waals surface area contributed by atoms with E-state index in [9.17, 15) is 9.59 Å². The molecule has 5 nitrogen and oxygen atoms in total. The van der Waals surface area contributed by atoms with E-state index in [-0.39, 0.29) is 23.8 Å². The molecule has 1 atom stereocenters. The Balaban J connectivity index is 1.52. The first-order valence-electron chi connectivity index (χ1n) is 9.05. The predicted molar refractivity (Wildman–Crippen MR) is 93.4 cm³/mol. The van der Waals surface area contributed by atoms with Crippen molar-refractivity contribution in [2.24, 2.45) is 5.92 Å². The first kappa shape index (κ1) is 17.0. The van der Waals surface area contributed by atoms with Crippen LogP contribution in [0.3, 0.4) is 0 Å². The van der Waals surface area contributed by atoms with Gasteiger partial charge in [0.2, 0.25) is 11.8 Å². The highest BCUT2D eigenvalue weighted by Crippen LogP contribution is 2.21. The van der Waals surface area contributed by atoms with Crippen molar-refractivity contribution in [3.05, 3.63) is 35.4 Å². The Morgan fingerprint density at radius 3 is 2.62 bits per heavy atom. The summed E-state index contributed by atoms with van der Waals surface area (Å²) in [5, 5.41) is 6.33. The number of amides is 2. The summed E-state index contributed by atoms with van der Waals surface area (Å²) in [4.78, 5) is 26.7. The molecule has 0 saturated carbocycles. The van der Waals surface area contributed by atoms with Crippen molar-refractivity contribution in [1.82, 2.24) is 15.5 Å². The van der Waals surface area contributed by atoms with E-state index in [2.05, 4.69) is 29.7 Å².